The highest BCUT2D eigenvalue weighted by molar-refractivity contribution is 5.86. The molecule has 1 N–H and O–H groups in total. The SMILES string of the molecule is COC(=O)c1cnc(NCCCn2ccnn2)cn1. The number of ether oxygens (including phenoxy) is 1. The van der Waals surface area contributed by atoms with E-state index in [2.05, 4.69) is 30.3 Å². The van der Waals surface area contributed by atoms with Crippen LogP contribution in [0, 0.1) is 0 Å². The zero-order valence-electron chi connectivity index (χ0n) is 10.5. The second-order valence-corrected chi connectivity index (χ2v) is 3.72. The van der Waals surface area contributed by atoms with Gasteiger partial charge in [-0.25, -0.2) is 14.8 Å². The fourth-order valence-electron chi connectivity index (χ4n) is 1.44. The molecule has 100 valence electrons. The highest BCUT2D eigenvalue weighted by Crippen LogP contribution is 2.02. The summed E-state index contributed by atoms with van der Waals surface area (Å²) in [5.74, 6) is 0.122. The van der Waals surface area contributed by atoms with Crippen LogP contribution in [-0.4, -0.2) is 44.6 Å². The Morgan fingerprint density at radius 1 is 1.42 bits per heavy atom. The van der Waals surface area contributed by atoms with Crippen molar-refractivity contribution in [2.45, 2.75) is 13.0 Å². The van der Waals surface area contributed by atoms with E-state index in [-0.39, 0.29) is 5.69 Å². The van der Waals surface area contributed by atoms with Gasteiger partial charge in [0.05, 0.1) is 25.7 Å². The van der Waals surface area contributed by atoms with Gasteiger partial charge in [-0.1, -0.05) is 5.21 Å². The molecule has 0 atom stereocenters. The Morgan fingerprint density at radius 2 is 2.32 bits per heavy atom. The summed E-state index contributed by atoms with van der Waals surface area (Å²) in [6, 6.07) is 0. The van der Waals surface area contributed by atoms with Crippen LogP contribution in [0.15, 0.2) is 24.8 Å². The van der Waals surface area contributed by atoms with E-state index in [4.69, 9.17) is 0 Å². The minimum atomic E-state index is -0.495. The predicted octanol–water partition coefficient (Wildman–Crippen LogP) is 0.357. The van der Waals surface area contributed by atoms with Gasteiger partial charge >= 0.3 is 5.97 Å². The van der Waals surface area contributed by atoms with Gasteiger partial charge in [-0.15, -0.1) is 5.10 Å². The van der Waals surface area contributed by atoms with Crippen molar-refractivity contribution < 1.29 is 9.53 Å². The number of nitrogens with one attached hydrogen (secondary N) is 1. The van der Waals surface area contributed by atoms with Crippen molar-refractivity contribution in [3.63, 3.8) is 0 Å². The van der Waals surface area contributed by atoms with Crippen molar-refractivity contribution in [3.8, 4) is 0 Å². The zero-order valence-corrected chi connectivity index (χ0v) is 10.5. The number of methoxy groups -OCH3 is 1. The lowest BCUT2D eigenvalue weighted by Gasteiger charge is -2.05. The normalized spacial score (nSPS) is 10.2. The number of aryl methyl sites for hydroxylation is 1. The van der Waals surface area contributed by atoms with Crippen LogP contribution in [0.3, 0.4) is 0 Å². The van der Waals surface area contributed by atoms with Crippen LogP contribution in [0.4, 0.5) is 5.82 Å². The summed E-state index contributed by atoms with van der Waals surface area (Å²) in [6.07, 6.45) is 7.21. The Labute approximate surface area is 109 Å². The third-order valence-corrected chi connectivity index (χ3v) is 2.39. The first-order valence-electron chi connectivity index (χ1n) is 5.78. The second-order valence-electron chi connectivity index (χ2n) is 3.72. The topological polar surface area (TPSA) is 94.8 Å². The molecule has 19 heavy (non-hydrogen) atoms. The van der Waals surface area contributed by atoms with E-state index in [0.717, 1.165) is 19.5 Å². The van der Waals surface area contributed by atoms with Gasteiger partial charge in [-0.2, -0.15) is 0 Å². The molecular formula is C11H14N6O2. The summed E-state index contributed by atoms with van der Waals surface area (Å²) in [5.41, 5.74) is 0.190. The van der Waals surface area contributed by atoms with Gasteiger partial charge in [-0.05, 0) is 6.42 Å². The minimum Gasteiger partial charge on any atom is -0.464 e. The summed E-state index contributed by atoms with van der Waals surface area (Å²) in [6.45, 7) is 1.51. The Bertz CT molecular complexity index is 510. The number of hydrogen-bond donors (Lipinski definition) is 1. The molecule has 0 aliphatic carbocycles. The number of anilines is 1. The van der Waals surface area contributed by atoms with Gasteiger partial charge < -0.3 is 10.1 Å². The van der Waals surface area contributed by atoms with Gasteiger partial charge in [0.15, 0.2) is 5.69 Å². The van der Waals surface area contributed by atoms with Crippen molar-refractivity contribution in [1.29, 1.82) is 0 Å². The Balaban J connectivity index is 1.75. The molecular weight excluding hydrogens is 248 g/mol. The minimum absolute atomic E-state index is 0.190. The molecule has 0 radical (unpaired) electrons. The van der Waals surface area contributed by atoms with Crippen LogP contribution >= 0.6 is 0 Å². The molecule has 2 aromatic heterocycles. The van der Waals surface area contributed by atoms with Crippen molar-refractivity contribution in [3.05, 3.63) is 30.5 Å². The Morgan fingerprint density at radius 3 is 2.95 bits per heavy atom. The van der Waals surface area contributed by atoms with Crippen LogP contribution in [-0.2, 0) is 11.3 Å². The summed E-state index contributed by atoms with van der Waals surface area (Å²) in [7, 11) is 1.31. The summed E-state index contributed by atoms with van der Waals surface area (Å²) in [4.78, 5) is 19.2. The average Bonchev–Trinajstić information content (AvgIpc) is 2.96. The molecule has 0 saturated carbocycles. The van der Waals surface area contributed by atoms with E-state index in [0.29, 0.717) is 5.82 Å². The van der Waals surface area contributed by atoms with Gasteiger partial charge in [0.25, 0.3) is 0 Å². The molecule has 0 aliphatic rings. The van der Waals surface area contributed by atoms with Gasteiger partial charge in [0.1, 0.15) is 5.82 Å². The van der Waals surface area contributed by atoms with Crippen molar-refractivity contribution in [1.82, 2.24) is 25.0 Å². The molecule has 8 nitrogen and oxygen atoms in total. The Hall–Kier alpha value is -2.51. The number of nitrogens with zero attached hydrogens (tertiary/aromatic N) is 5. The fraction of sp³-hybridized carbons (Fsp3) is 0.364. The number of aromatic nitrogens is 5. The molecule has 0 amide bonds. The Kier molecular flexibility index (Phi) is 4.38. The van der Waals surface area contributed by atoms with Crippen LogP contribution in [0.5, 0.6) is 0 Å². The number of rotatable bonds is 6. The molecule has 8 heteroatoms. The lowest BCUT2D eigenvalue weighted by molar-refractivity contribution is 0.0593. The maximum atomic E-state index is 11.2. The highest BCUT2D eigenvalue weighted by Gasteiger charge is 2.06. The number of carbonyl (C=O) groups is 1. The van der Waals surface area contributed by atoms with E-state index in [1.807, 2.05) is 6.20 Å². The molecule has 2 heterocycles. The first-order valence-corrected chi connectivity index (χ1v) is 5.78. The quantitative estimate of drug-likeness (QED) is 0.593. The summed E-state index contributed by atoms with van der Waals surface area (Å²) < 4.78 is 6.30. The first kappa shape index (κ1) is 12.9. The fourth-order valence-corrected chi connectivity index (χ4v) is 1.44. The van der Waals surface area contributed by atoms with E-state index in [9.17, 15) is 4.79 Å². The molecule has 2 rings (SSSR count). The molecule has 0 aliphatic heterocycles. The number of carbonyl (C=O) groups excluding carboxylic acids is 1. The summed E-state index contributed by atoms with van der Waals surface area (Å²) >= 11 is 0. The van der Waals surface area contributed by atoms with Crippen molar-refractivity contribution in [2.75, 3.05) is 19.0 Å². The smallest absolute Gasteiger partial charge is 0.358 e. The molecule has 0 saturated heterocycles. The maximum Gasteiger partial charge on any atom is 0.358 e. The third kappa shape index (κ3) is 3.73. The van der Waals surface area contributed by atoms with E-state index in [1.165, 1.54) is 19.5 Å². The predicted molar refractivity (Wildman–Crippen MR) is 66.5 cm³/mol. The lowest BCUT2D eigenvalue weighted by Crippen LogP contribution is -2.10. The molecule has 2 aromatic rings. The monoisotopic (exact) mass is 262 g/mol. The van der Waals surface area contributed by atoms with Gasteiger partial charge in [0, 0.05) is 19.3 Å². The molecule has 0 spiro atoms. The number of hydrogen-bond acceptors (Lipinski definition) is 7. The second kappa shape index (κ2) is 6.43. The summed E-state index contributed by atoms with van der Waals surface area (Å²) in [5, 5.41) is 10.7. The highest BCUT2D eigenvalue weighted by atomic mass is 16.5. The maximum absolute atomic E-state index is 11.2. The molecule has 0 aromatic carbocycles. The van der Waals surface area contributed by atoms with Crippen molar-refractivity contribution >= 4 is 11.8 Å². The number of esters is 1. The van der Waals surface area contributed by atoms with Crippen LogP contribution < -0.4 is 5.32 Å². The van der Waals surface area contributed by atoms with E-state index < -0.39 is 5.97 Å². The molecule has 0 bridgehead atoms. The standard InChI is InChI=1S/C11H14N6O2/c1-19-11(18)9-7-14-10(8-13-9)12-3-2-5-17-6-4-15-16-17/h4,6-8H,2-3,5H2,1H3,(H,12,14). The zero-order chi connectivity index (χ0) is 13.5. The van der Waals surface area contributed by atoms with Crippen LogP contribution in [0.1, 0.15) is 16.9 Å². The third-order valence-electron chi connectivity index (χ3n) is 2.39. The van der Waals surface area contributed by atoms with E-state index in [1.54, 1.807) is 10.9 Å². The molecule has 0 fully saturated rings. The molecule has 0 unspecified atom stereocenters. The van der Waals surface area contributed by atoms with Gasteiger partial charge in [-0.3, -0.25) is 4.68 Å². The van der Waals surface area contributed by atoms with Crippen molar-refractivity contribution in [2.24, 2.45) is 0 Å². The largest absolute Gasteiger partial charge is 0.464 e. The lowest BCUT2D eigenvalue weighted by atomic mass is 10.4. The van der Waals surface area contributed by atoms with E-state index >= 15 is 0 Å². The first-order chi connectivity index (χ1) is 9.29. The average molecular weight is 262 g/mol. The van der Waals surface area contributed by atoms with Gasteiger partial charge in [0.2, 0.25) is 0 Å². The van der Waals surface area contributed by atoms with Crippen LogP contribution in [0.25, 0.3) is 0 Å². The van der Waals surface area contributed by atoms with Crippen LogP contribution in [0.2, 0.25) is 0 Å².